The van der Waals surface area contributed by atoms with Crippen molar-refractivity contribution in [3.05, 3.63) is 35.7 Å². The third-order valence-corrected chi connectivity index (χ3v) is 4.63. The number of aromatic nitrogens is 1. The largest absolute Gasteiger partial charge is 0.497 e. The maximum atomic E-state index is 12.9. The third-order valence-electron chi connectivity index (χ3n) is 4.63. The van der Waals surface area contributed by atoms with Crippen LogP contribution in [0.15, 0.2) is 28.9 Å². The van der Waals surface area contributed by atoms with Crippen molar-refractivity contribution >= 4 is 11.6 Å². The summed E-state index contributed by atoms with van der Waals surface area (Å²) < 4.78 is 15.7. The summed E-state index contributed by atoms with van der Waals surface area (Å²) in [5.41, 5.74) is 1.79. The molecule has 0 radical (unpaired) electrons. The molecule has 1 fully saturated rings. The Morgan fingerprint density at radius 3 is 2.52 bits per heavy atom. The van der Waals surface area contributed by atoms with Gasteiger partial charge in [0.1, 0.15) is 17.3 Å². The molecule has 0 N–H and O–H groups in total. The Morgan fingerprint density at radius 2 is 1.96 bits per heavy atom. The Bertz CT molecular complexity index is 736. The van der Waals surface area contributed by atoms with Crippen LogP contribution in [0.5, 0.6) is 11.5 Å². The lowest BCUT2D eigenvalue weighted by atomic mass is 10.2. The van der Waals surface area contributed by atoms with E-state index < -0.39 is 0 Å². The molecule has 1 saturated heterocycles. The molecular weight excluding hydrogens is 322 g/mol. The molecule has 0 aliphatic carbocycles. The standard InChI is InChI=1S/C18H23N3O4/c1-12-13(10-19-25-12)11-20(2)17-5-6-21(18(17)22)14-7-15(23-3)9-16(8-14)24-4/h7-10,17H,5-6,11H2,1-4H3. The van der Waals surface area contributed by atoms with Crippen LogP contribution < -0.4 is 14.4 Å². The predicted octanol–water partition coefficient (Wildman–Crippen LogP) is 2.24. The first-order valence-corrected chi connectivity index (χ1v) is 8.18. The number of rotatable bonds is 6. The van der Waals surface area contributed by atoms with Crippen LogP contribution >= 0.6 is 0 Å². The lowest BCUT2D eigenvalue weighted by molar-refractivity contribution is -0.121. The van der Waals surface area contributed by atoms with Crippen LogP contribution in [0, 0.1) is 6.92 Å². The van der Waals surface area contributed by atoms with Gasteiger partial charge in [-0.05, 0) is 20.4 Å². The van der Waals surface area contributed by atoms with Crippen molar-refractivity contribution in [1.82, 2.24) is 10.1 Å². The van der Waals surface area contributed by atoms with Gasteiger partial charge in [-0.15, -0.1) is 0 Å². The molecule has 1 amide bonds. The fraction of sp³-hybridized carbons (Fsp3) is 0.444. The van der Waals surface area contributed by atoms with E-state index in [0.717, 1.165) is 23.4 Å². The second-order valence-corrected chi connectivity index (χ2v) is 6.19. The zero-order valence-corrected chi connectivity index (χ0v) is 15.0. The number of methoxy groups -OCH3 is 2. The van der Waals surface area contributed by atoms with Crippen LogP contribution in [0.2, 0.25) is 0 Å². The number of amides is 1. The summed E-state index contributed by atoms with van der Waals surface area (Å²) >= 11 is 0. The SMILES string of the molecule is COc1cc(OC)cc(N2CCC(N(C)Cc3cnoc3C)C2=O)c1. The third kappa shape index (κ3) is 3.46. The average Bonchev–Trinajstić information content (AvgIpc) is 3.20. The van der Waals surface area contributed by atoms with E-state index in [-0.39, 0.29) is 11.9 Å². The van der Waals surface area contributed by atoms with Gasteiger partial charge in [0.2, 0.25) is 5.91 Å². The molecular formula is C18H23N3O4. The number of ether oxygens (including phenoxy) is 2. The van der Waals surface area contributed by atoms with E-state index in [2.05, 4.69) is 5.16 Å². The molecule has 1 unspecified atom stereocenters. The van der Waals surface area contributed by atoms with Gasteiger partial charge in [-0.2, -0.15) is 0 Å². The highest BCUT2D eigenvalue weighted by Crippen LogP contribution is 2.32. The van der Waals surface area contributed by atoms with E-state index >= 15 is 0 Å². The predicted molar refractivity (Wildman–Crippen MR) is 93.0 cm³/mol. The number of nitrogens with zero attached hydrogens (tertiary/aromatic N) is 3. The van der Waals surface area contributed by atoms with Crippen LogP contribution in [0.3, 0.4) is 0 Å². The second kappa shape index (κ2) is 7.14. The Labute approximate surface area is 147 Å². The molecule has 25 heavy (non-hydrogen) atoms. The maximum Gasteiger partial charge on any atom is 0.244 e. The number of aryl methyl sites for hydroxylation is 1. The van der Waals surface area contributed by atoms with Gasteiger partial charge in [-0.25, -0.2) is 0 Å². The van der Waals surface area contributed by atoms with Crippen molar-refractivity contribution in [3.63, 3.8) is 0 Å². The lowest BCUT2D eigenvalue weighted by Gasteiger charge is -2.23. The summed E-state index contributed by atoms with van der Waals surface area (Å²) in [6, 6.07) is 5.33. The number of carbonyl (C=O) groups is 1. The van der Waals surface area contributed by atoms with Gasteiger partial charge in [0, 0.05) is 36.9 Å². The van der Waals surface area contributed by atoms with Crippen molar-refractivity contribution in [2.24, 2.45) is 0 Å². The molecule has 3 rings (SSSR count). The minimum absolute atomic E-state index is 0.0758. The molecule has 134 valence electrons. The summed E-state index contributed by atoms with van der Waals surface area (Å²) in [5.74, 6) is 2.19. The van der Waals surface area contributed by atoms with Crippen molar-refractivity contribution < 1.29 is 18.8 Å². The maximum absolute atomic E-state index is 12.9. The molecule has 1 aliphatic rings. The number of carbonyl (C=O) groups excluding carboxylic acids is 1. The normalized spacial score (nSPS) is 17.4. The van der Waals surface area contributed by atoms with Gasteiger partial charge >= 0.3 is 0 Å². The Kier molecular flexibility index (Phi) is 4.94. The van der Waals surface area contributed by atoms with Crippen molar-refractivity contribution in [2.45, 2.75) is 25.9 Å². The Morgan fingerprint density at radius 1 is 1.28 bits per heavy atom. The van der Waals surface area contributed by atoms with Crippen LogP contribution in [0.25, 0.3) is 0 Å². The molecule has 2 heterocycles. The highest BCUT2D eigenvalue weighted by atomic mass is 16.5. The van der Waals surface area contributed by atoms with E-state index in [9.17, 15) is 4.79 Å². The second-order valence-electron chi connectivity index (χ2n) is 6.19. The van der Waals surface area contributed by atoms with Crippen LogP contribution in [0.1, 0.15) is 17.7 Å². The summed E-state index contributed by atoms with van der Waals surface area (Å²) in [4.78, 5) is 16.7. The average molecular weight is 345 g/mol. The molecule has 2 aromatic rings. The molecule has 1 aromatic carbocycles. The fourth-order valence-corrected chi connectivity index (χ4v) is 3.13. The van der Waals surface area contributed by atoms with E-state index in [0.29, 0.717) is 24.6 Å². The van der Waals surface area contributed by atoms with E-state index in [4.69, 9.17) is 14.0 Å². The van der Waals surface area contributed by atoms with Crippen molar-refractivity contribution in [3.8, 4) is 11.5 Å². The van der Waals surface area contributed by atoms with Gasteiger partial charge in [-0.3, -0.25) is 9.69 Å². The molecule has 0 saturated carbocycles. The molecule has 0 spiro atoms. The molecule has 1 atom stereocenters. The van der Waals surface area contributed by atoms with Crippen LogP contribution in [-0.4, -0.2) is 49.8 Å². The summed E-state index contributed by atoms with van der Waals surface area (Å²) in [6.07, 6.45) is 2.47. The van der Waals surface area contributed by atoms with Crippen molar-refractivity contribution in [2.75, 3.05) is 32.7 Å². The number of hydrogen-bond acceptors (Lipinski definition) is 6. The molecule has 0 bridgehead atoms. The van der Waals surface area contributed by atoms with E-state index in [1.165, 1.54) is 0 Å². The van der Waals surface area contributed by atoms with Crippen LogP contribution in [-0.2, 0) is 11.3 Å². The smallest absolute Gasteiger partial charge is 0.244 e. The molecule has 7 nitrogen and oxygen atoms in total. The Hall–Kier alpha value is -2.54. The summed E-state index contributed by atoms with van der Waals surface area (Å²) in [5, 5.41) is 3.80. The summed E-state index contributed by atoms with van der Waals surface area (Å²) in [6.45, 7) is 3.16. The van der Waals surface area contributed by atoms with E-state index in [1.54, 1.807) is 31.4 Å². The monoisotopic (exact) mass is 345 g/mol. The number of hydrogen-bond donors (Lipinski definition) is 0. The van der Waals surface area contributed by atoms with Gasteiger partial charge < -0.3 is 18.9 Å². The number of benzene rings is 1. The highest BCUT2D eigenvalue weighted by Gasteiger charge is 2.35. The highest BCUT2D eigenvalue weighted by molar-refractivity contribution is 5.99. The fourth-order valence-electron chi connectivity index (χ4n) is 3.13. The number of likely N-dealkylation sites (N-methyl/N-ethyl adjacent to an activating group) is 1. The molecule has 7 heteroatoms. The zero-order valence-electron chi connectivity index (χ0n) is 15.0. The van der Waals surface area contributed by atoms with Gasteiger partial charge in [-0.1, -0.05) is 5.16 Å². The first-order chi connectivity index (χ1) is 12.0. The van der Waals surface area contributed by atoms with E-state index in [1.807, 2.05) is 31.0 Å². The minimum atomic E-state index is -0.175. The minimum Gasteiger partial charge on any atom is -0.497 e. The first kappa shape index (κ1) is 17.3. The zero-order chi connectivity index (χ0) is 18.0. The van der Waals surface area contributed by atoms with Gasteiger partial charge in [0.15, 0.2) is 0 Å². The van der Waals surface area contributed by atoms with Crippen molar-refractivity contribution in [1.29, 1.82) is 0 Å². The number of anilines is 1. The summed E-state index contributed by atoms with van der Waals surface area (Å²) in [7, 11) is 5.15. The van der Waals surface area contributed by atoms with Gasteiger partial charge in [0.05, 0.1) is 32.1 Å². The quantitative estimate of drug-likeness (QED) is 0.800. The topological polar surface area (TPSA) is 68.0 Å². The van der Waals surface area contributed by atoms with Crippen LogP contribution in [0.4, 0.5) is 5.69 Å². The Balaban J connectivity index is 1.76. The first-order valence-electron chi connectivity index (χ1n) is 8.18. The molecule has 1 aromatic heterocycles. The lowest BCUT2D eigenvalue weighted by Crippen LogP contribution is -2.39. The molecule has 1 aliphatic heterocycles. The van der Waals surface area contributed by atoms with Gasteiger partial charge in [0.25, 0.3) is 0 Å².